The second kappa shape index (κ2) is 54.9. The van der Waals surface area contributed by atoms with E-state index in [-0.39, 0.29) is 37.5 Å². The highest BCUT2D eigenvalue weighted by atomic mass is 16.6. The molecule has 0 aliphatic carbocycles. The Balaban J connectivity index is 4.50. The first kappa shape index (κ1) is 63.3. The smallest absolute Gasteiger partial charge is 0.306 e. The molecule has 6 nitrogen and oxygen atoms in total. The molecule has 0 saturated heterocycles. The van der Waals surface area contributed by atoms with Crippen molar-refractivity contribution in [3.05, 3.63) is 97.2 Å². The van der Waals surface area contributed by atoms with Gasteiger partial charge in [-0.15, -0.1) is 0 Å². The fourth-order valence-corrected chi connectivity index (χ4v) is 7.52. The van der Waals surface area contributed by atoms with E-state index in [1.807, 2.05) is 60.8 Å². The van der Waals surface area contributed by atoms with Gasteiger partial charge in [0, 0.05) is 19.3 Å². The highest BCUT2D eigenvalue weighted by Crippen LogP contribution is 2.14. The molecular formula is C61H102O6. The maximum absolute atomic E-state index is 12.8. The van der Waals surface area contributed by atoms with E-state index in [0.29, 0.717) is 19.3 Å². The Morgan fingerprint density at radius 2 is 0.597 bits per heavy atom. The van der Waals surface area contributed by atoms with Gasteiger partial charge in [-0.2, -0.15) is 0 Å². The number of hydrogen-bond acceptors (Lipinski definition) is 6. The Bertz CT molecular complexity index is 1350. The van der Waals surface area contributed by atoms with Gasteiger partial charge in [0.1, 0.15) is 13.2 Å². The molecule has 0 N–H and O–H groups in total. The van der Waals surface area contributed by atoms with Gasteiger partial charge in [-0.25, -0.2) is 0 Å². The Labute approximate surface area is 413 Å². The van der Waals surface area contributed by atoms with Crippen LogP contribution < -0.4 is 0 Å². The summed E-state index contributed by atoms with van der Waals surface area (Å²) in [6, 6.07) is 0. The van der Waals surface area contributed by atoms with Crippen LogP contribution in [0.5, 0.6) is 0 Å². The predicted octanol–water partition coefficient (Wildman–Crippen LogP) is 18.5. The first-order chi connectivity index (χ1) is 33.0. The van der Waals surface area contributed by atoms with Crippen molar-refractivity contribution in [2.45, 2.75) is 258 Å². The number of ether oxygens (including phenoxy) is 3. The lowest BCUT2D eigenvalue weighted by molar-refractivity contribution is -0.167. The van der Waals surface area contributed by atoms with Crippen molar-refractivity contribution in [1.29, 1.82) is 0 Å². The SMILES string of the molecule is CC\C=C/C=C\C=C/C=C\C=C\C=C/CCCCCC(=O)OC(COC(=O)CCCCC/C=C\CCCCCCCCC)COC(=O)CCCCCCC/C=C\CCCCCCCCCCC. The summed E-state index contributed by atoms with van der Waals surface area (Å²) in [5.41, 5.74) is 0. The molecular weight excluding hydrogens is 829 g/mol. The minimum Gasteiger partial charge on any atom is -0.462 e. The molecule has 1 unspecified atom stereocenters. The van der Waals surface area contributed by atoms with Gasteiger partial charge in [0.2, 0.25) is 0 Å². The van der Waals surface area contributed by atoms with Gasteiger partial charge >= 0.3 is 17.9 Å². The molecule has 0 aliphatic rings. The van der Waals surface area contributed by atoms with E-state index in [9.17, 15) is 14.4 Å². The monoisotopic (exact) mass is 931 g/mol. The van der Waals surface area contributed by atoms with Crippen molar-refractivity contribution >= 4 is 17.9 Å². The summed E-state index contributed by atoms with van der Waals surface area (Å²) in [6.45, 7) is 6.44. The standard InChI is InChI=1S/C61H102O6/c1-4-7-10-13-16-19-22-25-28-30-32-33-36-39-42-45-48-51-54-60(63)66-57-58(56-65-59(62)53-50-47-44-41-38-35-27-24-21-18-15-12-9-6-3)67-61(64)55-52-49-46-43-40-37-34-31-29-26-23-20-17-14-11-8-5-2/h8,11,14,17,20,23,26,29,31-35,37-38,40,58H,4-7,9-10,12-13,15-16,18-19,21-22,24-25,27-28,30,36,39,41-57H2,1-3H3/b11-8-,17-14-,23-20-,29-26-,33-32-,34-31+,38-35-,40-37-. The van der Waals surface area contributed by atoms with Crippen LogP contribution in [-0.4, -0.2) is 37.2 Å². The second-order valence-corrected chi connectivity index (χ2v) is 18.3. The maximum atomic E-state index is 12.8. The molecule has 0 aromatic heterocycles. The van der Waals surface area contributed by atoms with E-state index in [2.05, 4.69) is 57.2 Å². The number of allylic oxidation sites excluding steroid dienone is 16. The minimum absolute atomic E-state index is 0.105. The van der Waals surface area contributed by atoms with Crippen LogP contribution in [-0.2, 0) is 28.6 Å². The Morgan fingerprint density at radius 3 is 0.970 bits per heavy atom. The van der Waals surface area contributed by atoms with Gasteiger partial charge in [0.15, 0.2) is 6.10 Å². The summed E-state index contributed by atoms with van der Waals surface area (Å²) in [7, 11) is 0. The normalized spacial score (nSPS) is 12.8. The zero-order valence-corrected chi connectivity index (χ0v) is 43.6. The van der Waals surface area contributed by atoms with Gasteiger partial charge in [0.05, 0.1) is 0 Å². The van der Waals surface area contributed by atoms with Crippen LogP contribution >= 0.6 is 0 Å². The molecule has 0 aromatic carbocycles. The van der Waals surface area contributed by atoms with Crippen LogP contribution in [0.15, 0.2) is 97.2 Å². The largest absolute Gasteiger partial charge is 0.462 e. The highest BCUT2D eigenvalue weighted by molar-refractivity contribution is 5.71. The molecule has 0 amide bonds. The lowest BCUT2D eigenvalue weighted by atomic mass is 10.1. The van der Waals surface area contributed by atoms with Crippen molar-refractivity contribution < 1.29 is 28.6 Å². The third kappa shape index (κ3) is 53.2. The van der Waals surface area contributed by atoms with Crippen molar-refractivity contribution in [2.24, 2.45) is 0 Å². The molecule has 382 valence electrons. The lowest BCUT2D eigenvalue weighted by Gasteiger charge is -2.18. The number of carbonyl (C=O) groups is 3. The number of hydrogen-bond donors (Lipinski definition) is 0. The Kier molecular flexibility index (Phi) is 51.9. The van der Waals surface area contributed by atoms with E-state index < -0.39 is 6.10 Å². The summed E-state index contributed by atoms with van der Waals surface area (Å²) in [6.07, 6.45) is 72.5. The van der Waals surface area contributed by atoms with Crippen molar-refractivity contribution in [1.82, 2.24) is 0 Å². The number of unbranched alkanes of at least 4 members (excludes halogenated alkanes) is 27. The molecule has 0 aromatic rings. The predicted molar refractivity (Wildman–Crippen MR) is 288 cm³/mol. The molecule has 6 heteroatoms. The van der Waals surface area contributed by atoms with Crippen LogP contribution in [0.1, 0.15) is 252 Å². The van der Waals surface area contributed by atoms with Gasteiger partial charge in [-0.05, 0) is 89.9 Å². The average molecular weight is 931 g/mol. The molecule has 67 heavy (non-hydrogen) atoms. The van der Waals surface area contributed by atoms with Crippen molar-refractivity contribution in [3.8, 4) is 0 Å². The fourth-order valence-electron chi connectivity index (χ4n) is 7.52. The van der Waals surface area contributed by atoms with E-state index in [0.717, 1.165) is 89.9 Å². The van der Waals surface area contributed by atoms with Crippen LogP contribution in [0, 0.1) is 0 Å². The number of carbonyl (C=O) groups excluding carboxylic acids is 3. The molecule has 0 bridgehead atoms. The van der Waals surface area contributed by atoms with Crippen LogP contribution in [0.4, 0.5) is 0 Å². The summed E-state index contributed by atoms with van der Waals surface area (Å²) >= 11 is 0. The van der Waals surface area contributed by atoms with E-state index in [4.69, 9.17) is 14.2 Å². The first-order valence-electron chi connectivity index (χ1n) is 27.8. The molecule has 0 saturated carbocycles. The van der Waals surface area contributed by atoms with Crippen LogP contribution in [0.2, 0.25) is 0 Å². The van der Waals surface area contributed by atoms with Crippen LogP contribution in [0.25, 0.3) is 0 Å². The highest BCUT2D eigenvalue weighted by Gasteiger charge is 2.19. The second-order valence-electron chi connectivity index (χ2n) is 18.3. The molecule has 0 radical (unpaired) electrons. The number of rotatable bonds is 49. The maximum Gasteiger partial charge on any atom is 0.306 e. The zero-order chi connectivity index (χ0) is 48.6. The summed E-state index contributed by atoms with van der Waals surface area (Å²) < 4.78 is 16.8. The quantitative estimate of drug-likeness (QED) is 0.0199. The summed E-state index contributed by atoms with van der Waals surface area (Å²) in [4.78, 5) is 38.1. The summed E-state index contributed by atoms with van der Waals surface area (Å²) in [5.74, 6) is -0.972. The molecule has 0 fully saturated rings. The van der Waals surface area contributed by atoms with Gasteiger partial charge in [0.25, 0.3) is 0 Å². The molecule has 0 spiro atoms. The topological polar surface area (TPSA) is 78.9 Å². The van der Waals surface area contributed by atoms with Gasteiger partial charge in [-0.1, -0.05) is 240 Å². The van der Waals surface area contributed by atoms with E-state index in [1.54, 1.807) is 0 Å². The third-order valence-electron chi connectivity index (χ3n) is 11.7. The van der Waals surface area contributed by atoms with E-state index in [1.165, 1.54) is 116 Å². The zero-order valence-electron chi connectivity index (χ0n) is 43.6. The lowest BCUT2D eigenvalue weighted by Crippen LogP contribution is -2.30. The van der Waals surface area contributed by atoms with Gasteiger partial charge in [-0.3, -0.25) is 14.4 Å². The fraction of sp³-hybridized carbons (Fsp3) is 0.689. The van der Waals surface area contributed by atoms with Crippen molar-refractivity contribution in [3.63, 3.8) is 0 Å². The Morgan fingerprint density at radius 1 is 0.313 bits per heavy atom. The van der Waals surface area contributed by atoms with Crippen molar-refractivity contribution in [2.75, 3.05) is 13.2 Å². The first-order valence-corrected chi connectivity index (χ1v) is 27.8. The third-order valence-corrected chi connectivity index (χ3v) is 11.7. The van der Waals surface area contributed by atoms with Gasteiger partial charge < -0.3 is 14.2 Å². The number of esters is 3. The minimum atomic E-state index is -0.811. The van der Waals surface area contributed by atoms with E-state index >= 15 is 0 Å². The molecule has 0 aliphatic heterocycles. The Hall–Kier alpha value is -3.67. The summed E-state index contributed by atoms with van der Waals surface area (Å²) in [5, 5.41) is 0. The molecule has 1 atom stereocenters. The average Bonchev–Trinajstić information content (AvgIpc) is 3.33. The van der Waals surface area contributed by atoms with Crippen LogP contribution in [0.3, 0.4) is 0 Å². The molecule has 0 rings (SSSR count). The molecule has 0 heterocycles.